The maximum absolute atomic E-state index is 5.84. The Bertz CT molecular complexity index is 2500. The van der Waals surface area contributed by atoms with Crippen LogP contribution in [0.3, 0.4) is 0 Å². The fraction of sp³-hybridized carbons (Fsp3) is 0.188. The van der Waals surface area contributed by atoms with Gasteiger partial charge < -0.3 is 5.73 Å². The molecule has 0 spiro atoms. The molecule has 0 saturated heterocycles. The highest BCUT2D eigenvalue weighted by Crippen LogP contribution is 2.42. The molecule has 54 heavy (non-hydrogen) atoms. The zero-order chi connectivity index (χ0) is 38.3. The molecule has 1 aliphatic rings. The molecule has 3 aromatic heterocycles. The summed E-state index contributed by atoms with van der Waals surface area (Å²) < 4.78 is 4.41. The molecule has 0 amide bonds. The van der Waals surface area contributed by atoms with E-state index in [1.807, 2.05) is 62.7 Å². The molecule has 8 rings (SSSR count). The predicted molar refractivity (Wildman–Crippen MR) is 234 cm³/mol. The molecule has 0 bridgehead atoms. The van der Waals surface area contributed by atoms with Gasteiger partial charge in [0.25, 0.3) is 0 Å². The van der Waals surface area contributed by atoms with Gasteiger partial charge in [-0.3, -0.25) is 9.56 Å². The highest BCUT2D eigenvalue weighted by Gasteiger charge is 2.25. The van der Waals surface area contributed by atoms with Gasteiger partial charge >= 0.3 is 5.82 Å². The van der Waals surface area contributed by atoms with Crippen molar-refractivity contribution >= 4 is 55.6 Å². The molecular formula is C48H51N6+. The quantitative estimate of drug-likeness (QED) is 0.187. The number of fused-ring (bicyclic) bond motifs is 7. The Morgan fingerprint density at radius 2 is 1.44 bits per heavy atom. The lowest BCUT2D eigenvalue weighted by molar-refractivity contribution is 0.917. The van der Waals surface area contributed by atoms with Crippen LogP contribution in [0.25, 0.3) is 60.1 Å². The number of benzene rings is 4. The lowest BCUT2D eigenvalue weighted by Gasteiger charge is -2.06. The molecule has 0 radical (unpaired) electrons. The Balaban J connectivity index is 0.000000209. The average molecular weight is 712 g/mol. The van der Waals surface area contributed by atoms with Crippen LogP contribution in [0.1, 0.15) is 58.9 Å². The fourth-order valence-corrected chi connectivity index (χ4v) is 6.66. The molecule has 6 nitrogen and oxygen atoms in total. The van der Waals surface area contributed by atoms with E-state index in [2.05, 4.69) is 142 Å². The van der Waals surface area contributed by atoms with Crippen LogP contribution in [-0.4, -0.2) is 20.3 Å². The minimum absolute atomic E-state index is 0.756. The van der Waals surface area contributed by atoms with Gasteiger partial charge in [-0.2, -0.15) is 9.41 Å². The lowest BCUT2D eigenvalue weighted by atomic mass is 10.1. The zero-order valence-corrected chi connectivity index (χ0v) is 32.2. The summed E-state index contributed by atoms with van der Waals surface area (Å²) in [6, 6.07) is 37.6. The monoisotopic (exact) mass is 711 g/mol. The number of aromatic nitrogens is 3. The van der Waals surface area contributed by atoms with Crippen molar-refractivity contribution in [1.82, 2.24) is 14.1 Å². The lowest BCUT2D eigenvalue weighted by Crippen LogP contribution is -1.96. The van der Waals surface area contributed by atoms with E-state index in [0.717, 1.165) is 65.1 Å². The summed E-state index contributed by atoms with van der Waals surface area (Å²) in [6.07, 6.45) is 17.4. The number of hydrogen-bond donors (Lipinski definition) is 1. The van der Waals surface area contributed by atoms with Gasteiger partial charge in [-0.25, -0.2) is 4.98 Å². The van der Waals surface area contributed by atoms with Gasteiger partial charge in [0.15, 0.2) is 0 Å². The molecule has 6 heteroatoms. The first-order valence-electron chi connectivity index (χ1n) is 18.9. The maximum atomic E-state index is 5.84. The summed E-state index contributed by atoms with van der Waals surface area (Å²) in [5.41, 5.74) is 13.5. The fourth-order valence-electron chi connectivity index (χ4n) is 6.66. The first-order chi connectivity index (χ1) is 26.6. The van der Waals surface area contributed by atoms with Crippen molar-refractivity contribution in [3.05, 3.63) is 168 Å². The average Bonchev–Trinajstić information content (AvgIpc) is 3.75. The van der Waals surface area contributed by atoms with Crippen molar-refractivity contribution in [2.75, 3.05) is 0 Å². The van der Waals surface area contributed by atoms with Gasteiger partial charge in [-0.1, -0.05) is 112 Å². The number of rotatable bonds is 6. The molecule has 0 unspecified atom stereocenters. The van der Waals surface area contributed by atoms with Gasteiger partial charge in [0, 0.05) is 52.2 Å². The van der Waals surface area contributed by atoms with Crippen molar-refractivity contribution in [2.45, 2.75) is 60.3 Å². The van der Waals surface area contributed by atoms with E-state index in [0.29, 0.717) is 0 Å². The topological polar surface area (TPSA) is 65.5 Å². The van der Waals surface area contributed by atoms with E-state index < -0.39 is 0 Å². The molecule has 2 N–H and O–H groups in total. The van der Waals surface area contributed by atoms with Crippen LogP contribution < -0.4 is 5.73 Å². The van der Waals surface area contributed by atoms with Gasteiger partial charge in [-0.15, -0.1) is 0 Å². The highest BCUT2D eigenvalue weighted by molar-refractivity contribution is 6.29. The van der Waals surface area contributed by atoms with Crippen LogP contribution in [0.15, 0.2) is 162 Å². The molecule has 4 aromatic carbocycles. The molecule has 0 fully saturated rings. The third-order valence-electron chi connectivity index (χ3n) is 8.93. The number of para-hydroxylation sites is 2. The SMILES string of the molecule is C#[N+]/C(=C\CC)n1c2ccccc2c2c3c4ccccc4n(-c4ccccn4)c3ccc21.CC.CCCC(=C/N)/C=C1\CC=CC=N1.Cc1ccccc1. The van der Waals surface area contributed by atoms with Crippen molar-refractivity contribution in [1.29, 1.82) is 0 Å². The summed E-state index contributed by atoms with van der Waals surface area (Å²) >= 11 is 0. The Hall–Kier alpha value is -6.45. The Kier molecular flexibility index (Phi) is 13.9. The van der Waals surface area contributed by atoms with E-state index in [4.69, 9.17) is 12.3 Å². The molecule has 7 aromatic rings. The molecule has 1 aliphatic heterocycles. The molecule has 0 saturated carbocycles. The zero-order valence-electron chi connectivity index (χ0n) is 32.2. The Morgan fingerprint density at radius 3 is 2.04 bits per heavy atom. The second-order valence-electron chi connectivity index (χ2n) is 12.5. The van der Waals surface area contributed by atoms with E-state index in [1.54, 1.807) is 6.20 Å². The minimum atomic E-state index is 0.756. The van der Waals surface area contributed by atoms with Crippen molar-refractivity contribution in [2.24, 2.45) is 10.7 Å². The van der Waals surface area contributed by atoms with Crippen LogP contribution in [0.2, 0.25) is 0 Å². The number of aryl methyl sites for hydroxylation is 1. The highest BCUT2D eigenvalue weighted by atomic mass is 15.1. The Labute approximate surface area is 319 Å². The van der Waals surface area contributed by atoms with Crippen molar-refractivity contribution in [3.8, 4) is 12.4 Å². The number of allylic oxidation sites excluding steroid dienone is 5. The predicted octanol–water partition coefficient (Wildman–Crippen LogP) is 13.0. The second kappa shape index (κ2) is 19.4. The van der Waals surface area contributed by atoms with Crippen LogP contribution >= 0.6 is 0 Å². The standard InChI is InChI=1S/C28H21N4.C11H16N2.C7H8.C2H6/c1-3-10-25(29-2)31-21-13-6-4-11-19(21)27-23(31)16-17-24-28(27)20-12-5-7-14-22(20)32(24)26-15-8-9-18-30-26;1-2-5-10(9-12)8-11-6-3-4-7-13-11;1-7-5-3-2-4-6-7;1-2/h2,4-18H,3H2,1H3;3-4,7-9H,2,5-6,12H2,1H3;2-6H,1H3;1-2H3/q+1;;;/b25-10+;10-9-,11-8+;;. The number of hydrogen-bond acceptors (Lipinski definition) is 3. The van der Waals surface area contributed by atoms with E-state index in [9.17, 15) is 0 Å². The number of dihydropyridines is 1. The second-order valence-corrected chi connectivity index (χ2v) is 12.5. The van der Waals surface area contributed by atoms with Crippen LogP contribution in [0.5, 0.6) is 0 Å². The first-order valence-corrected chi connectivity index (χ1v) is 18.9. The summed E-state index contributed by atoms with van der Waals surface area (Å²) in [6.45, 7) is 16.2. The summed E-state index contributed by atoms with van der Waals surface area (Å²) in [5.74, 6) is 1.66. The summed E-state index contributed by atoms with van der Waals surface area (Å²) in [4.78, 5) is 13.0. The van der Waals surface area contributed by atoms with Gasteiger partial charge in [0.1, 0.15) is 23.4 Å². The van der Waals surface area contributed by atoms with Crippen LogP contribution in [0, 0.1) is 13.5 Å². The number of aliphatic imine (C=N–C) groups is 1. The normalized spacial score (nSPS) is 13.2. The van der Waals surface area contributed by atoms with Gasteiger partial charge in [0.05, 0.1) is 11.0 Å². The summed E-state index contributed by atoms with van der Waals surface area (Å²) in [5, 5.41) is 4.80. The van der Waals surface area contributed by atoms with E-state index >= 15 is 0 Å². The first kappa shape index (κ1) is 38.8. The number of pyridine rings is 1. The molecule has 0 aliphatic carbocycles. The van der Waals surface area contributed by atoms with Gasteiger partial charge in [-0.05, 0) is 86.2 Å². The minimum Gasteiger partial charge on any atom is -0.404 e. The molecule has 4 heterocycles. The van der Waals surface area contributed by atoms with Crippen molar-refractivity contribution in [3.63, 3.8) is 0 Å². The van der Waals surface area contributed by atoms with Crippen molar-refractivity contribution < 1.29 is 0 Å². The smallest absolute Gasteiger partial charge is 0.386 e. The molecule has 272 valence electrons. The number of nitrogens with two attached hydrogens (primary N) is 1. The number of nitrogens with zero attached hydrogens (tertiary/aromatic N) is 5. The maximum Gasteiger partial charge on any atom is 0.386 e. The largest absolute Gasteiger partial charge is 0.404 e. The molecular weight excluding hydrogens is 661 g/mol. The third-order valence-corrected chi connectivity index (χ3v) is 8.93. The van der Waals surface area contributed by atoms with E-state index in [1.165, 1.54) is 32.7 Å². The molecule has 0 atom stereocenters. The van der Waals surface area contributed by atoms with Crippen LogP contribution in [0.4, 0.5) is 0 Å². The van der Waals surface area contributed by atoms with Gasteiger partial charge in [0.2, 0.25) is 0 Å². The van der Waals surface area contributed by atoms with Crippen LogP contribution in [-0.2, 0) is 0 Å². The summed E-state index contributed by atoms with van der Waals surface area (Å²) in [7, 11) is 0. The Morgan fingerprint density at radius 1 is 0.796 bits per heavy atom. The van der Waals surface area contributed by atoms with E-state index in [-0.39, 0.29) is 0 Å². The third kappa shape index (κ3) is 8.60.